The molecule has 2 amide bonds. The summed E-state index contributed by atoms with van der Waals surface area (Å²) in [5.41, 5.74) is 9.49. The van der Waals surface area contributed by atoms with Crippen LogP contribution in [0.15, 0.2) is 12.1 Å². The zero-order valence-electron chi connectivity index (χ0n) is 12.8. The van der Waals surface area contributed by atoms with Crippen LogP contribution in [0.5, 0.6) is 0 Å². The van der Waals surface area contributed by atoms with E-state index in [1.807, 2.05) is 32.9 Å². The topological polar surface area (TPSA) is 75.4 Å². The first-order chi connectivity index (χ1) is 9.22. The Morgan fingerprint density at radius 3 is 2.20 bits per heavy atom. The normalized spacial score (nSPS) is 11.9. The van der Waals surface area contributed by atoms with Crippen molar-refractivity contribution in [1.82, 2.24) is 4.90 Å². The summed E-state index contributed by atoms with van der Waals surface area (Å²) >= 11 is 0. The maximum absolute atomic E-state index is 12.0. The second-order valence-corrected chi connectivity index (χ2v) is 5.30. The van der Waals surface area contributed by atoms with Gasteiger partial charge >= 0.3 is 0 Å². The van der Waals surface area contributed by atoms with Crippen molar-refractivity contribution in [1.29, 1.82) is 0 Å². The molecule has 0 aliphatic carbocycles. The van der Waals surface area contributed by atoms with Crippen molar-refractivity contribution in [2.24, 2.45) is 5.73 Å². The summed E-state index contributed by atoms with van der Waals surface area (Å²) in [5, 5.41) is 2.86. The van der Waals surface area contributed by atoms with Gasteiger partial charge in [0.15, 0.2) is 0 Å². The van der Waals surface area contributed by atoms with Crippen LogP contribution in [0.2, 0.25) is 0 Å². The van der Waals surface area contributed by atoms with Crippen molar-refractivity contribution in [3.63, 3.8) is 0 Å². The lowest BCUT2D eigenvalue weighted by Gasteiger charge is -2.20. The third-order valence-corrected chi connectivity index (χ3v) is 3.09. The van der Waals surface area contributed by atoms with Gasteiger partial charge in [-0.25, -0.2) is 0 Å². The molecule has 1 aromatic carbocycles. The van der Waals surface area contributed by atoms with Crippen LogP contribution < -0.4 is 11.1 Å². The minimum atomic E-state index is -0.601. The highest BCUT2D eigenvalue weighted by atomic mass is 16.2. The number of amides is 2. The highest BCUT2D eigenvalue weighted by Crippen LogP contribution is 2.21. The predicted octanol–water partition coefficient (Wildman–Crippen LogP) is 1.36. The molecule has 0 aliphatic rings. The number of nitrogens with one attached hydrogen (secondary N) is 1. The standard InChI is InChI=1S/C15H23N3O2/c1-9-6-10(2)14(11(3)7-9)17-13(19)8-18(5)15(20)12(4)16/h6-7,12H,8,16H2,1-5H3,(H,17,19). The Kier molecular flexibility index (Phi) is 5.27. The summed E-state index contributed by atoms with van der Waals surface area (Å²) < 4.78 is 0. The molecule has 5 nitrogen and oxygen atoms in total. The van der Waals surface area contributed by atoms with E-state index in [0.717, 1.165) is 22.4 Å². The molecular formula is C15H23N3O2. The van der Waals surface area contributed by atoms with Crippen molar-refractivity contribution in [2.45, 2.75) is 33.7 Å². The van der Waals surface area contributed by atoms with Crippen LogP contribution in [0, 0.1) is 20.8 Å². The van der Waals surface area contributed by atoms with Crippen LogP contribution in [-0.4, -0.2) is 36.3 Å². The van der Waals surface area contributed by atoms with E-state index in [4.69, 9.17) is 5.73 Å². The first-order valence-electron chi connectivity index (χ1n) is 6.60. The van der Waals surface area contributed by atoms with Gasteiger partial charge in [-0.1, -0.05) is 17.7 Å². The van der Waals surface area contributed by atoms with Crippen molar-refractivity contribution in [2.75, 3.05) is 18.9 Å². The molecule has 0 aliphatic heterocycles. The summed E-state index contributed by atoms with van der Waals surface area (Å²) in [4.78, 5) is 25.0. The minimum Gasteiger partial charge on any atom is -0.335 e. The van der Waals surface area contributed by atoms with Crippen LogP contribution in [0.1, 0.15) is 23.6 Å². The molecule has 0 saturated carbocycles. The summed E-state index contributed by atoms with van der Waals surface area (Å²) in [7, 11) is 1.57. The molecule has 1 unspecified atom stereocenters. The number of anilines is 1. The molecule has 3 N–H and O–H groups in total. The van der Waals surface area contributed by atoms with Gasteiger partial charge in [-0.3, -0.25) is 9.59 Å². The lowest BCUT2D eigenvalue weighted by Crippen LogP contribution is -2.43. The van der Waals surface area contributed by atoms with E-state index in [1.165, 1.54) is 4.90 Å². The third-order valence-electron chi connectivity index (χ3n) is 3.09. The second-order valence-electron chi connectivity index (χ2n) is 5.30. The van der Waals surface area contributed by atoms with Gasteiger partial charge in [0.05, 0.1) is 12.6 Å². The monoisotopic (exact) mass is 277 g/mol. The molecule has 0 aromatic heterocycles. The lowest BCUT2D eigenvalue weighted by atomic mass is 10.1. The molecule has 1 rings (SSSR count). The predicted molar refractivity (Wildman–Crippen MR) is 80.6 cm³/mol. The van der Waals surface area contributed by atoms with Crippen molar-refractivity contribution < 1.29 is 9.59 Å². The van der Waals surface area contributed by atoms with E-state index >= 15 is 0 Å². The van der Waals surface area contributed by atoms with Gasteiger partial charge in [-0.15, -0.1) is 0 Å². The Morgan fingerprint density at radius 1 is 1.25 bits per heavy atom. The number of hydrogen-bond acceptors (Lipinski definition) is 3. The number of hydrogen-bond donors (Lipinski definition) is 2. The number of benzene rings is 1. The van der Waals surface area contributed by atoms with Crippen molar-refractivity contribution >= 4 is 17.5 Å². The van der Waals surface area contributed by atoms with Crippen molar-refractivity contribution in [3.05, 3.63) is 28.8 Å². The number of rotatable bonds is 4. The van der Waals surface area contributed by atoms with E-state index in [0.29, 0.717) is 0 Å². The van der Waals surface area contributed by atoms with Gasteiger partial charge in [0, 0.05) is 12.7 Å². The number of aryl methyl sites for hydroxylation is 3. The smallest absolute Gasteiger partial charge is 0.243 e. The van der Waals surface area contributed by atoms with Crippen LogP contribution in [-0.2, 0) is 9.59 Å². The van der Waals surface area contributed by atoms with E-state index in [1.54, 1.807) is 14.0 Å². The highest BCUT2D eigenvalue weighted by Gasteiger charge is 2.17. The first kappa shape index (κ1) is 16.2. The fraction of sp³-hybridized carbons (Fsp3) is 0.467. The van der Waals surface area contributed by atoms with E-state index < -0.39 is 6.04 Å². The van der Waals surface area contributed by atoms with Crippen molar-refractivity contribution in [3.8, 4) is 0 Å². The second kappa shape index (κ2) is 6.52. The Balaban J connectivity index is 2.75. The number of nitrogens with zero attached hydrogens (tertiary/aromatic N) is 1. The van der Waals surface area contributed by atoms with E-state index in [-0.39, 0.29) is 18.4 Å². The Hall–Kier alpha value is -1.88. The Bertz CT molecular complexity index is 501. The molecule has 110 valence electrons. The number of likely N-dealkylation sites (N-methyl/N-ethyl adjacent to an activating group) is 1. The van der Waals surface area contributed by atoms with Crippen LogP contribution in [0.3, 0.4) is 0 Å². The molecule has 0 radical (unpaired) electrons. The maximum Gasteiger partial charge on any atom is 0.243 e. The molecule has 0 saturated heterocycles. The van der Waals surface area contributed by atoms with Crippen LogP contribution in [0.25, 0.3) is 0 Å². The fourth-order valence-electron chi connectivity index (χ4n) is 2.20. The average molecular weight is 277 g/mol. The highest BCUT2D eigenvalue weighted by molar-refractivity contribution is 5.96. The number of nitrogens with two attached hydrogens (primary N) is 1. The fourth-order valence-corrected chi connectivity index (χ4v) is 2.20. The minimum absolute atomic E-state index is 0.00682. The Morgan fingerprint density at radius 2 is 1.75 bits per heavy atom. The molecule has 0 bridgehead atoms. The molecule has 5 heteroatoms. The zero-order valence-corrected chi connectivity index (χ0v) is 12.8. The van der Waals surface area contributed by atoms with Crippen LogP contribution in [0.4, 0.5) is 5.69 Å². The van der Waals surface area contributed by atoms with Gasteiger partial charge in [0.2, 0.25) is 11.8 Å². The van der Waals surface area contributed by atoms with E-state index in [2.05, 4.69) is 5.32 Å². The molecule has 0 fully saturated rings. The molecule has 1 aromatic rings. The van der Waals surface area contributed by atoms with E-state index in [9.17, 15) is 9.59 Å². The summed E-state index contributed by atoms with van der Waals surface area (Å²) in [5.74, 6) is -0.478. The SMILES string of the molecule is Cc1cc(C)c(NC(=O)CN(C)C(=O)C(C)N)c(C)c1. The van der Waals surface area contributed by atoms with Gasteiger partial charge in [0.25, 0.3) is 0 Å². The molecule has 20 heavy (non-hydrogen) atoms. The maximum atomic E-state index is 12.0. The van der Waals surface area contributed by atoms with Gasteiger partial charge in [0.1, 0.15) is 0 Å². The average Bonchev–Trinajstić information content (AvgIpc) is 2.32. The summed E-state index contributed by atoms with van der Waals surface area (Å²) in [6.07, 6.45) is 0. The summed E-state index contributed by atoms with van der Waals surface area (Å²) in [6, 6.07) is 3.43. The molecular weight excluding hydrogens is 254 g/mol. The zero-order chi connectivity index (χ0) is 15.4. The number of carbonyl (C=O) groups is 2. The van der Waals surface area contributed by atoms with Gasteiger partial charge in [-0.2, -0.15) is 0 Å². The summed E-state index contributed by atoms with van der Waals surface area (Å²) in [6.45, 7) is 7.51. The molecule has 0 heterocycles. The molecule has 1 atom stereocenters. The largest absolute Gasteiger partial charge is 0.335 e. The number of carbonyl (C=O) groups excluding carboxylic acids is 2. The van der Waals surface area contributed by atoms with Gasteiger partial charge < -0.3 is 16.0 Å². The quantitative estimate of drug-likeness (QED) is 0.872. The molecule has 0 spiro atoms. The van der Waals surface area contributed by atoms with Crippen LogP contribution >= 0.6 is 0 Å². The lowest BCUT2D eigenvalue weighted by molar-refractivity contribution is -0.134. The third kappa shape index (κ3) is 4.06. The van der Waals surface area contributed by atoms with Gasteiger partial charge in [-0.05, 0) is 38.8 Å². The first-order valence-corrected chi connectivity index (χ1v) is 6.60. The Labute approximate surface area is 120 Å².